The summed E-state index contributed by atoms with van der Waals surface area (Å²) in [4.78, 5) is 21.3. The minimum atomic E-state index is 0.589. The maximum atomic E-state index is 5.47. The molecule has 3 fully saturated rings. The molecule has 182 valence electrons. The molecule has 6 rings (SSSR count). The van der Waals surface area contributed by atoms with Crippen LogP contribution in [-0.2, 0) is 4.74 Å². The molecule has 1 aromatic carbocycles. The summed E-state index contributed by atoms with van der Waals surface area (Å²) in [7, 11) is 2.24. The van der Waals surface area contributed by atoms with E-state index < -0.39 is 0 Å². The summed E-state index contributed by atoms with van der Waals surface area (Å²) in [6, 6.07) is 12.0. The van der Waals surface area contributed by atoms with Crippen molar-refractivity contribution < 1.29 is 4.74 Å². The van der Waals surface area contributed by atoms with Gasteiger partial charge in [0.1, 0.15) is 5.82 Å². The van der Waals surface area contributed by atoms with E-state index in [1.165, 1.54) is 17.7 Å². The van der Waals surface area contributed by atoms with Gasteiger partial charge in [-0.15, -0.1) is 0 Å². The lowest BCUT2D eigenvalue weighted by molar-refractivity contribution is 0.122. The second-order valence-electron chi connectivity index (χ2n) is 9.99. The summed E-state index contributed by atoms with van der Waals surface area (Å²) in [5, 5.41) is 3.40. The van der Waals surface area contributed by atoms with E-state index in [1.807, 2.05) is 12.3 Å². The molecule has 2 atom stereocenters. The summed E-state index contributed by atoms with van der Waals surface area (Å²) < 4.78 is 5.47. The number of anilines is 4. The van der Waals surface area contributed by atoms with Crippen LogP contribution >= 0.6 is 0 Å². The molecule has 2 aromatic heterocycles. The number of nitrogens with one attached hydrogen (secondary N) is 1. The van der Waals surface area contributed by atoms with E-state index in [9.17, 15) is 0 Å². The van der Waals surface area contributed by atoms with Crippen molar-refractivity contribution in [3.05, 3.63) is 53.9 Å². The number of morpholine rings is 1. The lowest BCUT2D eigenvalue weighted by Gasteiger charge is -2.34. The third-order valence-electron chi connectivity index (χ3n) is 7.59. The van der Waals surface area contributed by atoms with Crippen LogP contribution in [0.5, 0.6) is 0 Å². The zero-order valence-corrected chi connectivity index (χ0v) is 20.7. The van der Waals surface area contributed by atoms with Crippen LogP contribution in [0.1, 0.15) is 17.5 Å². The van der Waals surface area contributed by atoms with Crippen LogP contribution in [0.4, 0.5) is 23.1 Å². The first-order valence-electron chi connectivity index (χ1n) is 12.5. The van der Waals surface area contributed by atoms with Crippen molar-refractivity contribution >= 4 is 23.1 Å². The van der Waals surface area contributed by atoms with Crippen LogP contribution in [0.3, 0.4) is 0 Å². The predicted molar refractivity (Wildman–Crippen MR) is 140 cm³/mol. The Morgan fingerprint density at radius 2 is 1.83 bits per heavy atom. The monoisotopic (exact) mass is 471 g/mol. The Labute approximate surface area is 207 Å². The van der Waals surface area contributed by atoms with E-state index >= 15 is 0 Å². The van der Waals surface area contributed by atoms with Crippen molar-refractivity contribution in [1.82, 2.24) is 19.9 Å². The van der Waals surface area contributed by atoms with Crippen LogP contribution in [0.25, 0.3) is 11.3 Å². The molecule has 35 heavy (non-hydrogen) atoms. The highest BCUT2D eigenvalue weighted by Crippen LogP contribution is 2.36. The topological polar surface area (TPSA) is 69.6 Å². The molecule has 0 radical (unpaired) electrons. The molecule has 8 heteroatoms. The molecule has 3 aliphatic heterocycles. The van der Waals surface area contributed by atoms with Gasteiger partial charge in [-0.2, -0.15) is 0 Å². The molecule has 2 bridgehead atoms. The standard InChI is InChI=1S/C27H33N7O/c1-18-13-21(4-5-25(18)34-17-22-14-23(34)16-32(22)3)30-27-28-7-6-24(31-27)20-12-19(2)26(29-15-20)33-8-10-35-11-9-33/h4-7,12-13,15,22-23H,8-11,14,16-17H2,1-3H3,(H,28,30,31)/t22-,23+/m1/s1. The van der Waals surface area contributed by atoms with Gasteiger partial charge in [-0.05, 0) is 68.8 Å². The second kappa shape index (κ2) is 9.09. The highest BCUT2D eigenvalue weighted by atomic mass is 16.5. The lowest BCUT2D eigenvalue weighted by Crippen LogP contribution is -2.44. The number of benzene rings is 1. The first-order chi connectivity index (χ1) is 17.0. The van der Waals surface area contributed by atoms with Gasteiger partial charge in [0.2, 0.25) is 5.95 Å². The third-order valence-corrected chi connectivity index (χ3v) is 7.59. The predicted octanol–water partition coefficient (Wildman–Crippen LogP) is 3.63. The van der Waals surface area contributed by atoms with Crippen LogP contribution in [0.15, 0.2) is 42.7 Å². The maximum Gasteiger partial charge on any atom is 0.227 e. The number of piperazine rings is 1. The average molecular weight is 472 g/mol. The Morgan fingerprint density at radius 3 is 2.54 bits per heavy atom. The molecule has 8 nitrogen and oxygen atoms in total. The van der Waals surface area contributed by atoms with Crippen LogP contribution in [0.2, 0.25) is 0 Å². The van der Waals surface area contributed by atoms with Crippen molar-refractivity contribution in [3.63, 3.8) is 0 Å². The van der Waals surface area contributed by atoms with E-state index in [-0.39, 0.29) is 0 Å². The van der Waals surface area contributed by atoms with Crippen molar-refractivity contribution in [2.75, 3.05) is 61.6 Å². The Kier molecular flexibility index (Phi) is 5.78. The summed E-state index contributed by atoms with van der Waals surface area (Å²) in [6.45, 7) is 9.84. The van der Waals surface area contributed by atoms with Gasteiger partial charge in [-0.3, -0.25) is 4.90 Å². The number of ether oxygens (including phenoxy) is 1. The normalized spacial score (nSPS) is 22.1. The molecule has 5 heterocycles. The van der Waals surface area contributed by atoms with Gasteiger partial charge in [0.05, 0.1) is 18.9 Å². The number of pyridine rings is 1. The number of likely N-dealkylation sites (N-methyl/N-ethyl adjacent to an activating group) is 1. The molecular weight excluding hydrogens is 438 g/mol. The molecule has 0 amide bonds. The van der Waals surface area contributed by atoms with Gasteiger partial charge in [0.25, 0.3) is 0 Å². The summed E-state index contributed by atoms with van der Waals surface area (Å²) in [5.74, 6) is 1.62. The Bertz CT molecular complexity index is 1220. The number of aryl methyl sites for hydroxylation is 2. The second-order valence-corrected chi connectivity index (χ2v) is 9.99. The summed E-state index contributed by atoms with van der Waals surface area (Å²) in [6.07, 6.45) is 4.98. The minimum Gasteiger partial charge on any atom is -0.378 e. The van der Waals surface area contributed by atoms with Gasteiger partial charge >= 0.3 is 0 Å². The first-order valence-corrected chi connectivity index (χ1v) is 12.5. The van der Waals surface area contributed by atoms with Gasteiger partial charge in [0.15, 0.2) is 0 Å². The zero-order chi connectivity index (χ0) is 23.9. The smallest absolute Gasteiger partial charge is 0.227 e. The number of aromatic nitrogens is 3. The van der Waals surface area contributed by atoms with Gasteiger partial charge in [-0.25, -0.2) is 15.0 Å². The Morgan fingerprint density at radius 1 is 0.971 bits per heavy atom. The Hall–Kier alpha value is -3.23. The minimum absolute atomic E-state index is 0.589. The van der Waals surface area contributed by atoms with Crippen LogP contribution in [-0.4, -0.2) is 78.4 Å². The molecular formula is C27H33N7O. The van der Waals surface area contributed by atoms with E-state index in [0.717, 1.165) is 67.7 Å². The molecule has 0 saturated carbocycles. The maximum absolute atomic E-state index is 5.47. The fraction of sp³-hybridized carbons (Fsp3) is 0.444. The molecule has 3 saturated heterocycles. The number of fused-ring (bicyclic) bond motifs is 2. The Balaban J connectivity index is 1.18. The highest BCUT2D eigenvalue weighted by Gasteiger charge is 2.41. The summed E-state index contributed by atoms with van der Waals surface area (Å²) in [5.41, 5.74) is 6.61. The fourth-order valence-corrected chi connectivity index (χ4v) is 5.74. The number of hydrogen-bond donors (Lipinski definition) is 1. The number of likely N-dealkylation sites (tertiary alicyclic amines) is 1. The van der Waals surface area contributed by atoms with Crippen LogP contribution < -0.4 is 15.1 Å². The van der Waals surface area contributed by atoms with Crippen molar-refractivity contribution in [2.45, 2.75) is 32.4 Å². The lowest BCUT2D eigenvalue weighted by atomic mass is 10.1. The SMILES string of the molecule is Cc1cc(Nc2nccc(-c3cnc(N4CCOCC4)c(C)c3)n2)ccc1N1C[C@H]2C[C@H]1CN2C. The average Bonchev–Trinajstić information content (AvgIpc) is 3.44. The molecule has 3 aromatic rings. The first kappa shape index (κ1) is 22.2. The number of rotatable bonds is 5. The van der Waals surface area contributed by atoms with Crippen molar-refractivity contribution in [2.24, 2.45) is 0 Å². The number of nitrogens with zero attached hydrogens (tertiary/aromatic N) is 6. The molecule has 1 N–H and O–H groups in total. The van der Waals surface area contributed by atoms with Gasteiger partial charge in [-0.1, -0.05) is 0 Å². The van der Waals surface area contributed by atoms with E-state index in [1.54, 1.807) is 6.20 Å². The largest absolute Gasteiger partial charge is 0.378 e. The quantitative estimate of drug-likeness (QED) is 0.605. The summed E-state index contributed by atoms with van der Waals surface area (Å²) >= 11 is 0. The van der Waals surface area contributed by atoms with Gasteiger partial charge < -0.3 is 19.9 Å². The van der Waals surface area contributed by atoms with Crippen molar-refractivity contribution in [1.29, 1.82) is 0 Å². The van der Waals surface area contributed by atoms with E-state index in [0.29, 0.717) is 18.0 Å². The van der Waals surface area contributed by atoms with Crippen LogP contribution in [0, 0.1) is 13.8 Å². The van der Waals surface area contributed by atoms with E-state index in [2.05, 4.69) is 70.2 Å². The molecule has 0 spiro atoms. The van der Waals surface area contributed by atoms with E-state index in [4.69, 9.17) is 14.7 Å². The molecule has 0 unspecified atom stereocenters. The van der Waals surface area contributed by atoms with Crippen molar-refractivity contribution in [3.8, 4) is 11.3 Å². The highest BCUT2D eigenvalue weighted by molar-refractivity contribution is 5.67. The molecule has 0 aliphatic carbocycles. The van der Waals surface area contributed by atoms with Gasteiger partial charge in [0, 0.05) is 67.6 Å². The third kappa shape index (κ3) is 4.32. The molecule has 3 aliphatic rings. The fourth-order valence-electron chi connectivity index (χ4n) is 5.74. The number of hydrogen-bond acceptors (Lipinski definition) is 8. The zero-order valence-electron chi connectivity index (χ0n) is 20.7.